The van der Waals surface area contributed by atoms with Gasteiger partial charge in [-0.05, 0) is 0 Å². The molecule has 0 rings (SSSR count). The van der Waals surface area contributed by atoms with Gasteiger partial charge in [-0.2, -0.15) is 8.42 Å². The Bertz CT molecular complexity index is 465. The summed E-state index contributed by atoms with van der Waals surface area (Å²) in [6.07, 6.45) is 0.265. The molecule has 0 saturated heterocycles. The fourth-order valence-corrected chi connectivity index (χ4v) is 1.55. The Morgan fingerprint density at radius 1 is 1.17 bits per heavy atom. The van der Waals surface area contributed by atoms with Crippen LogP contribution in [-0.4, -0.2) is 52.8 Å². The number of nitrogens with one attached hydrogen (secondary N) is 1. The molecule has 0 aromatic heterocycles. The highest BCUT2D eigenvalue weighted by Crippen LogP contribution is 2.03. The van der Waals surface area contributed by atoms with E-state index in [1.807, 2.05) is 5.32 Å². The first kappa shape index (κ1) is 16.1. The van der Waals surface area contributed by atoms with Crippen LogP contribution in [0.25, 0.3) is 0 Å². The summed E-state index contributed by atoms with van der Waals surface area (Å²) in [4.78, 5) is 31.4. The summed E-state index contributed by atoms with van der Waals surface area (Å²) in [7, 11) is -4.62. The van der Waals surface area contributed by atoms with Crippen molar-refractivity contribution < 1.29 is 37.6 Å². The molecule has 1 atom stereocenters. The number of hydrogen-bond acceptors (Lipinski definition) is 5. The zero-order valence-electron chi connectivity index (χ0n) is 8.94. The first-order valence-corrected chi connectivity index (χ1v) is 6.00. The number of carbonyl (C=O) groups excluding carboxylic acids is 1. The minimum absolute atomic E-state index is 0.523. The summed E-state index contributed by atoms with van der Waals surface area (Å²) in [6.45, 7) is -0.645. The summed E-state index contributed by atoms with van der Waals surface area (Å²) in [5, 5.41) is 16.9. The van der Waals surface area contributed by atoms with Crippen molar-refractivity contribution in [2.75, 3.05) is 6.54 Å². The van der Waals surface area contributed by atoms with Crippen LogP contribution in [0.3, 0.4) is 0 Å². The molecular weight excluding hydrogens is 270 g/mol. The molecule has 0 aliphatic heterocycles. The zero-order chi connectivity index (χ0) is 14.3. The van der Waals surface area contributed by atoms with Crippen LogP contribution in [-0.2, 0) is 24.5 Å². The van der Waals surface area contributed by atoms with Crippen LogP contribution in [0.2, 0.25) is 0 Å². The van der Waals surface area contributed by atoms with Gasteiger partial charge in [-0.1, -0.05) is 0 Å². The molecule has 9 nitrogen and oxygen atoms in total. The summed E-state index contributed by atoms with van der Waals surface area (Å²) < 4.78 is 30.3. The minimum Gasteiger partial charge on any atom is -0.481 e. The Balaban J connectivity index is 4.50. The van der Waals surface area contributed by atoms with E-state index in [2.05, 4.69) is 0 Å². The van der Waals surface area contributed by atoms with Crippen LogP contribution < -0.4 is 5.32 Å². The van der Waals surface area contributed by atoms with Crippen molar-refractivity contribution >= 4 is 28.0 Å². The van der Waals surface area contributed by atoms with Gasteiger partial charge in [0.1, 0.15) is 5.25 Å². The predicted octanol–water partition coefficient (Wildman–Crippen LogP) is -1.53. The molecule has 0 fully saturated rings. The highest BCUT2D eigenvalue weighted by atomic mass is 32.2. The second-order valence-corrected chi connectivity index (χ2v) is 4.85. The Kier molecular flexibility index (Phi) is 5.99. The lowest BCUT2D eigenvalue weighted by molar-refractivity contribution is -0.137. The smallest absolute Gasteiger partial charge is 0.328 e. The monoisotopic (exact) mass is 281 g/mol. The number of aliphatic carboxylic acids is 2. The van der Waals surface area contributed by atoms with E-state index < -0.39 is 46.2 Å². The van der Waals surface area contributed by atoms with E-state index in [0.29, 0.717) is 12.2 Å². The Morgan fingerprint density at radius 2 is 1.72 bits per heavy atom. The van der Waals surface area contributed by atoms with Crippen LogP contribution in [0.4, 0.5) is 0 Å². The Hall–Kier alpha value is -1.94. The lowest BCUT2D eigenvalue weighted by Gasteiger charge is -2.11. The molecule has 1 amide bonds. The lowest BCUT2D eigenvalue weighted by atomic mass is 10.3. The summed E-state index contributed by atoms with van der Waals surface area (Å²) >= 11 is 0. The molecule has 0 aromatic carbocycles. The Labute approximate surface area is 102 Å². The lowest BCUT2D eigenvalue weighted by Crippen LogP contribution is -2.37. The predicted molar refractivity (Wildman–Crippen MR) is 57.4 cm³/mol. The highest BCUT2D eigenvalue weighted by molar-refractivity contribution is 7.86. The van der Waals surface area contributed by atoms with Gasteiger partial charge in [-0.25, -0.2) is 4.79 Å². The molecule has 0 spiro atoms. The van der Waals surface area contributed by atoms with E-state index in [1.54, 1.807) is 0 Å². The van der Waals surface area contributed by atoms with Crippen LogP contribution in [0.5, 0.6) is 0 Å². The molecule has 10 heteroatoms. The topological polar surface area (TPSA) is 158 Å². The first-order chi connectivity index (χ1) is 8.12. The van der Waals surface area contributed by atoms with Gasteiger partial charge in [0.2, 0.25) is 5.91 Å². The average Bonchev–Trinajstić information content (AvgIpc) is 2.19. The SMILES string of the molecule is O=C(O)/C=C\C(=O)NCC(CC(=O)O)S(=O)(=O)O. The molecule has 0 bridgehead atoms. The van der Waals surface area contributed by atoms with E-state index in [4.69, 9.17) is 14.8 Å². The van der Waals surface area contributed by atoms with Crippen molar-refractivity contribution in [2.24, 2.45) is 0 Å². The molecule has 102 valence electrons. The van der Waals surface area contributed by atoms with Gasteiger partial charge < -0.3 is 15.5 Å². The van der Waals surface area contributed by atoms with Crippen LogP contribution in [0.1, 0.15) is 6.42 Å². The number of amides is 1. The quantitative estimate of drug-likeness (QED) is 0.323. The number of carbonyl (C=O) groups is 3. The van der Waals surface area contributed by atoms with Gasteiger partial charge in [-0.15, -0.1) is 0 Å². The maximum atomic E-state index is 11.0. The number of rotatable bonds is 7. The molecule has 4 N–H and O–H groups in total. The molecule has 0 aromatic rings. The minimum atomic E-state index is -4.62. The number of carboxylic acids is 2. The molecule has 0 saturated carbocycles. The van der Waals surface area contributed by atoms with E-state index in [-0.39, 0.29) is 0 Å². The zero-order valence-corrected chi connectivity index (χ0v) is 9.75. The van der Waals surface area contributed by atoms with Crippen LogP contribution >= 0.6 is 0 Å². The van der Waals surface area contributed by atoms with Gasteiger partial charge >= 0.3 is 11.9 Å². The van der Waals surface area contributed by atoms with E-state index in [1.165, 1.54) is 0 Å². The fraction of sp³-hybridized carbons (Fsp3) is 0.375. The van der Waals surface area contributed by atoms with Crippen LogP contribution in [0, 0.1) is 0 Å². The number of carboxylic acid groups (broad SMARTS) is 2. The summed E-state index contributed by atoms with van der Waals surface area (Å²) in [5.74, 6) is -3.76. The third-order valence-electron chi connectivity index (χ3n) is 1.70. The third kappa shape index (κ3) is 7.35. The van der Waals surface area contributed by atoms with Gasteiger partial charge in [-0.3, -0.25) is 14.1 Å². The summed E-state index contributed by atoms with van der Waals surface area (Å²) in [5.41, 5.74) is 0. The highest BCUT2D eigenvalue weighted by Gasteiger charge is 2.26. The van der Waals surface area contributed by atoms with Gasteiger partial charge in [0.25, 0.3) is 10.1 Å². The average molecular weight is 281 g/mol. The maximum absolute atomic E-state index is 11.0. The second-order valence-electron chi connectivity index (χ2n) is 3.15. The normalized spacial score (nSPS) is 13.2. The van der Waals surface area contributed by atoms with E-state index >= 15 is 0 Å². The van der Waals surface area contributed by atoms with Crippen molar-refractivity contribution in [3.05, 3.63) is 12.2 Å². The molecule has 18 heavy (non-hydrogen) atoms. The standard InChI is InChI=1S/C8H11NO8S/c10-6(1-2-7(11)12)9-4-5(3-8(13)14)18(15,16)17/h1-2,5H,3-4H2,(H,9,10)(H,11,12)(H,13,14)(H,15,16,17)/b2-1-. The second kappa shape index (κ2) is 6.71. The van der Waals surface area contributed by atoms with Gasteiger partial charge in [0, 0.05) is 18.7 Å². The van der Waals surface area contributed by atoms with Crippen molar-refractivity contribution in [3.63, 3.8) is 0 Å². The van der Waals surface area contributed by atoms with E-state index in [9.17, 15) is 22.8 Å². The van der Waals surface area contributed by atoms with Crippen LogP contribution in [0.15, 0.2) is 12.2 Å². The van der Waals surface area contributed by atoms with Crippen molar-refractivity contribution in [2.45, 2.75) is 11.7 Å². The number of hydrogen-bond donors (Lipinski definition) is 4. The van der Waals surface area contributed by atoms with Gasteiger partial charge in [0.05, 0.1) is 6.42 Å². The fourth-order valence-electron chi connectivity index (χ4n) is 0.898. The Morgan fingerprint density at radius 3 is 2.11 bits per heavy atom. The molecular formula is C8H11NO8S. The largest absolute Gasteiger partial charge is 0.481 e. The molecule has 0 radical (unpaired) electrons. The van der Waals surface area contributed by atoms with E-state index in [0.717, 1.165) is 0 Å². The van der Waals surface area contributed by atoms with Crippen molar-refractivity contribution in [1.82, 2.24) is 5.32 Å². The maximum Gasteiger partial charge on any atom is 0.328 e. The molecule has 0 heterocycles. The molecule has 0 aliphatic carbocycles. The van der Waals surface area contributed by atoms with Crippen molar-refractivity contribution in [3.8, 4) is 0 Å². The third-order valence-corrected chi connectivity index (χ3v) is 2.88. The summed E-state index contributed by atoms with van der Waals surface area (Å²) in [6, 6.07) is 0. The van der Waals surface area contributed by atoms with Gasteiger partial charge in [0.15, 0.2) is 0 Å². The van der Waals surface area contributed by atoms with Crippen molar-refractivity contribution in [1.29, 1.82) is 0 Å². The first-order valence-electron chi connectivity index (χ1n) is 4.50. The molecule has 1 unspecified atom stereocenters. The molecule has 0 aliphatic rings.